The lowest BCUT2D eigenvalue weighted by atomic mass is 10.0. The van der Waals surface area contributed by atoms with Crippen molar-refractivity contribution in [1.29, 1.82) is 0 Å². The number of ketones is 1. The van der Waals surface area contributed by atoms with Gasteiger partial charge in [-0.1, -0.05) is 20.4 Å². The first-order valence-corrected chi connectivity index (χ1v) is 5.07. The third-order valence-corrected chi connectivity index (χ3v) is 1.80. The third-order valence-electron chi connectivity index (χ3n) is 1.80. The number of ether oxygens (including phenoxy) is 1. The number of carbonyl (C=O) groups is 1. The molecule has 0 N–H and O–H groups in total. The van der Waals surface area contributed by atoms with Gasteiger partial charge in [-0.05, 0) is 5.92 Å². The number of halogens is 6. The van der Waals surface area contributed by atoms with E-state index in [0.717, 1.165) is 0 Å². The van der Waals surface area contributed by atoms with Crippen LogP contribution in [0.1, 0.15) is 13.8 Å². The van der Waals surface area contributed by atoms with Crippen molar-refractivity contribution < 1.29 is 35.9 Å². The van der Waals surface area contributed by atoms with E-state index in [2.05, 4.69) is 11.3 Å². The first kappa shape index (κ1) is 17.5. The van der Waals surface area contributed by atoms with E-state index in [1.54, 1.807) is 13.8 Å². The maximum Gasteiger partial charge on any atom is 0.455 e. The van der Waals surface area contributed by atoms with Crippen LogP contribution in [0.2, 0.25) is 0 Å². The molecule has 0 heterocycles. The van der Waals surface area contributed by atoms with Crippen LogP contribution in [0.5, 0.6) is 0 Å². The second-order valence-electron chi connectivity index (χ2n) is 4.06. The summed E-state index contributed by atoms with van der Waals surface area (Å²) in [5.41, 5.74) is -3.53. The molecule has 0 fully saturated rings. The predicted octanol–water partition coefficient (Wildman–Crippen LogP) is 3.79. The molecule has 0 unspecified atom stereocenters. The molecule has 0 saturated heterocycles. The molecule has 0 saturated carbocycles. The highest BCUT2D eigenvalue weighted by Crippen LogP contribution is 2.33. The molecule has 0 bridgehead atoms. The van der Waals surface area contributed by atoms with Crippen LogP contribution in [-0.4, -0.2) is 24.7 Å². The van der Waals surface area contributed by atoms with Gasteiger partial charge in [0.2, 0.25) is 0 Å². The Balaban J connectivity index is 5.28. The van der Waals surface area contributed by atoms with Gasteiger partial charge in [-0.2, -0.15) is 26.3 Å². The summed E-state index contributed by atoms with van der Waals surface area (Å²) < 4.78 is 78.0. The minimum atomic E-state index is -5.43. The van der Waals surface area contributed by atoms with E-state index in [9.17, 15) is 31.1 Å². The molecule has 0 rings (SSSR count). The fourth-order valence-corrected chi connectivity index (χ4v) is 0.891. The van der Waals surface area contributed by atoms with Crippen molar-refractivity contribution >= 4 is 5.78 Å². The first-order valence-electron chi connectivity index (χ1n) is 5.07. The summed E-state index contributed by atoms with van der Waals surface area (Å²) in [6.45, 7) is 5.61. The first-order chi connectivity index (χ1) is 8.37. The second kappa shape index (κ2) is 6.12. The van der Waals surface area contributed by atoms with Crippen LogP contribution in [0.4, 0.5) is 26.3 Å². The van der Waals surface area contributed by atoms with Crippen LogP contribution in [0.25, 0.3) is 0 Å². The number of hydrogen-bond donors (Lipinski definition) is 0. The van der Waals surface area contributed by atoms with E-state index in [0.29, 0.717) is 0 Å². The topological polar surface area (TPSA) is 26.3 Å². The summed E-state index contributed by atoms with van der Waals surface area (Å²) in [6.07, 6.45) is -10.4. The molecule has 0 aliphatic rings. The number of rotatable bonds is 5. The normalized spacial score (nSPS) is 13.6. The van der Waals surface area contributed by atoms with Crippen LogP contribution in [0.3, 0.4) is 0 Å². The molecule has 0 radical (unpaired) electrons. The van der Waals surface area contributed by atoms with Gasteiger partial charge in [0, 0.05) is 0 Å². The third kappa shape index (κ3) is 5.80. The van der Waals surface area contributed by atoms with Crippen LogP contribution < -0.4 is 0 Å². The number of allylic oxidation sites excluding steroid dienone is 2. The van der Waals surface area contributed by atoms with Gasteiger partial charge in [0.25, 0.3) is 5.78 Å². The summed E-state index contributed by atoms with van der Waals surface area (Å²) in [7, 11) is 0. The Bertz CT molecular complexity index is 348. The van der Waals surface area contributed by atoms with Crippen molar-refractivity contribution in [2.24, 2.45) is 5.92 Å². The zero-order valence-corrected chi connectivity index (χ0v) is 10.2. The van der Waals surface area contributed by atoms with Crippen molar-refractivity contribution in [3.05, 3.63) is 24.0 Å². The molecular formula is C11H12F6O2. The Hall–Kier alpha value is -1.47. The Kier molecular flexibility index (Phi) is 5.64. The van der Waals surface area contributed by atoms with Crippen molar-refractivity contribution in [3.8, 4) is 0 Å². The van der Waals surface area contributed by atoms with E-state index in [4.69, 9.17) is 0 Å². The smallest absolute Gasteiger partial charge is 0.455 e. The lowest BCUT2D eigenvalue weighted by molar-refractivity contribution is -0.167. The van der Waals surface area contributed by atoms with E-state index in [1.807, 2.05) is 0 Å². The monoisotopic (exact) mass is 290 g/mol. The average molecular weight is 290 g/mol. The van der Waals surface area contributed by atoms with Gasteiger partial charge < -0.3 is 4.74 Å². The van der Waals surface area contributed by atoms with Crippen molar-refractivity contribution in [2.45, 2.75) is 26.2 Å². The van der Waals surface area contributed by atoms with Crippen molar-refractivity contribution in [1.82, 2.24) is 0 Å². The van der Waals surface area contributed by atoms with Gasteiger partial charge in [-0.3, -0.25) is 4.79 Å². The van der Waals surface area contributed by atoms with Gasteiger partial charge in [0.05, 0.1) is 24.0 Å². The van der Waals surface area contributed by atoms with Gasteiger partial charge >= 0.3 is 12.4 Å². The largest absolute Gasteiger partial charge is 0.500 e. The van der Waals surface area contributed by atoms with Crippen LogP contribution in [0.15, 0.2) is 24.0 Å². The zero-order valence-electron chi connectivity index (χ0n) is 10.2. The summed E-state index contributed by atoms with van der Waals surface area (Å²) >= 11 is 0. The molecule has 0 aliphatic heterocycles. The molecule has 0 aromatic rings. The maximum atomic E-state index is 12.3. The lowest BCUT2D eigenvalue weighted by Crippen LogP contribution is -2.29. The minimum Gasteiger partial charge on any atom is -0.500 e. The quantitative estimate of drug-likeness (QED) is 0.333. The Labute approximate surface area is 105 Å². The van der Waals surface area contributed by atoms with E-state index in [-0.39, 0.29) is 18.8 Å². The van der Waals surface area contributed by atoms with Crippen molar-refractivity contribution in [3.63, 3.8) is 0 Å². The SMILES string of the molecule is C=C(/C(=C/OCC(C)C)C(=O)C(F)(F)F)C(F)(F)F. The van der Waals surface area contributed by atoms with E-state index >= 15 is 0 Å². The molecule has 2 nitrogen and oxygen atoms in total. The van der Waals surface area contributed by atoms with Gasteiger partial charge in [0.15, 0.2) is 0 Å². The Morgan fingerprint density at radius 3 is 1.95 bits per heavy atom. The summed E-state index contributed by atoms with van der Waals surface area (Å²) in [5, 5.41) is 0. The molecule has 19 heavy (non-hydrogen) atoms. The molecule has 0 aromatic heterocycles. The molecule has 0 aromatic carbocycles. The minimum absolute atomic E-state index is 0.125. The standard InChI is InChI=1S/C11H12F6O2/c1-6(2)4-19-5-8(7(3)10(12,13)14)9(18)11(15,16)17/h5-6H,3-4H2,1-2H3/b8-5-. The van der Waals surface area contributed by atoms with Gasteiger partial charge in [-0.15, -0.1) is 0 Å². The zero-order chi connectivity index (χ0) is 15.4. The summed E-state index contributed by atoms with van der Waals surface area (Å²) in [6, 6.07) is 0. The van der Waals surface area contributed by atoms with Gasteiger partial charge in [0.1, 0.15) is 0 Å². The average Bonchev–Trinajstić information content (AvgIpc) is 2.19. The predicted molar refractivity (Wildman–Crippen MR) is 55.1 cm³/mol. The summed E-state index contributed by atoms with van der Waals surface area (Å²) in [5.74, 6) is -2.77. The maximum absolute atomic E-state index is 12.3. The molecule has 0 amide bonds. The van der Waals surface area contributed by atoms with E-state index in [1.165, 1.54) is 0 Å². The van der Waals surface area contributed by atoms with Gasteiger partial charge in [-0.25, -0.2) is 0 Å². The fraction of sp³-hybridized carbons (Fsp3) is 0.545. The highest BCUT2D eigenvalue weighted by atomic mass is 19.4. The molecule has 0 spiro atoms. The second-order valence-corrected chi connectivity index (χ2v) is 4.06. The Morgan fingerprint density at radius 1 is 1.16 bits per heavy atom. The molecule has 110 valence electrons. The Morgan fingerprint density at radius 2 is 1.63 bits per heavy atom. The van der Waals surface area contributed by atoms with Crippen LogP contribution >= 0.6 is 0 Å². The lowest BCUT2D eigenvalue weighted by Gasteiger charge is -2.15. The van der Waals surface area contributed by atoms with Crippen LogP contribution in [0, 0.1) is 5.92 Å². The number of hydrogen-bond acceptors (Lipinski definition) is 2. The highest BCUT2D eigenvalue weighted by Gasteiger charge is 2.46. The molecule has 0 aliphatic carbocycles. The fourth-order valence-electron chi connectivity index (χ4n) is 0.891. The highest BCUT2D eigenvalue weighted by molar-refractivity contribution is 6.03. The number of alkyl halides is 6. The molecule has 8 heteroatoms. The van der Waals surface area contributed by atoms with Crippen LogP contribution in [-0.2, 0) is 9.53 Å². The number of Topliss-reactive ketones (excluding diaryl/α,β-unsaturated/α-hetero) is 1. The molecular weight excluding hydrogens is 278 g/mol. The van der Waals surface area contributed by atoms with Crippen molar-refractivity contribution in [2.75, 3.05) is 6.61 Å². The number of carbonyl (C=O) groups excluding carboxylic acids is 1. The van der Waals surface area contributed by atoms with E-state index < -0.39 is 29.3 Å². The molecule has 0 atom stereocenters. The summed E-state index contributed by atoms with van der Waals surface area (Å²) in [4.78, 5) is 10.9.